The minimum Gasteiger partial charge on any atom is -0.380 e. The van der Waals surface area contributed by atoms with E-state index < -0.39 is 0 Å². The van der Waals surface area contributed by atoms with Gasteiger partial charge in [-0.2, -0.15) is 0 Å². The SMILES string of the molecule is COC1CCN(c2cncc(C)c2)C1. The molecule has 1 fully saturated rings. The Hall–Kier alpha value is -1.09. The Kier molecular flexibility index (Phi) is 2.68. The van der Waals surface area contributed by atoms with Crippen LogP contribution in [-0.4, -0.2) is 31.3 Å². The van der Waals surface area contributed by atoms with Crippen LogP contribution in [0.1, 0.15) is 12.0 Å². The molecule has 1 saturated heterocycles. The number of ether oxygens (including phenoxy) is 1. The molecule has 1 unspecified atom stereocenters. The van der Waals surface area contributed by atoms with Gasteiger partial charge >= 0.3 is 0 Å². The molecule has 2 heterocycles. The van der Waals surface area contributed by atoms with Crippen LogP contribution in [0.2, 0.25) is 0 Å². The number of rotatable bonds is 2. The number of anilines is 1. The second-order valence-electron chi connectivity index (χ2n) is 3.81. The van der Waals surface area contributed by atoms with E-state index in [0.717, 1.165) is 19.5 Å². The first-order chi connectivity index (χ1) is 6.79. The quantitative estimate of drug-likeness (QED) is 0.712. The van der Waals surface area contributed by atoms with Crippen molar-refractivity contribution in [1.29, 1.82) is 0 Å². The fourth-order valence-electron chi connectivity index (χ4n) is 1.87. The van der Waals surface area contributed by atoms with Crippen LogP contribution in [0.15, 0.2) is 18.5 Å². The molecule has 76 valence electrons. The van der Waals surface area contributed by atoms with E-state index in [1.165, 1.54) is 11.3 Å². The molecule has 1 atom stereocenters. The molecule has 0 amide bonds. The van der Waals surface area contributed by atoms with Gasteiger partial charge in [0, 0.05) is 26.4 Å². The maximum Gasteiger partial charge on any atom is 0.0762 e. The third-order valence-corrected chi connectivity index (χ3v) is 2.70. The number of pyridine rings is 1. The standard InChI is InChI=1S/C11H16N2O/c1-9-5-10(7-12-6-9)13-4-3-11(8-13)14-2/h5-7,11H,3-4,8H2,1-2H3. The minimum atomic E-state index is 0.385. The van der Waals surface area contributed by atoms with Gasteiger partial charge in [0.2, 0.25) is 0 Å². The first-order valence-electron chi connectivity index (χ1n) is 4.99. The summed E-state index contributed by atoms with van der Waals surface area (Å²) in [6, 6.07) is 2.17. The summed E-state index contributed by atoms with van der Waals surface area (Å²) < 4.78 is 5.33. The summed E-state index contributed by atoms with van der Waals surface area (Å²) in [6.07, 6.45) is 5.30. The van der Waals surface area contributed by atoms with Gasteiger partial charge < -0.3 is 9.64 Å². The van der Waals surface area contributed by atoms with Crippen LogP contribution in [0.5, 0.6) is 0 Å². The number of aryl methyl sites for hydroxylation is 1. The van der Waals surface area contributed by atoms with Crippen LogP contribution in [0.25, 0.3) is 0 Å². The van der Waals surface area contributed by atoms with Gasteiger partial charge in [-0.1, -0.05) is 0 Å². The van der Waals surface area contributed by atoms with Crippen molar-refractivity contribution in [2.45, 2.75) is 19.4 Å². The van der Waals surface area contributed by atoms with Gasteiger partial charge in [-0.15, -0.1) is 0 Å². The highest BCUT2D eigenvalue weighted by Gasteiger charge is 2.22. The molecule has 1 aromatic heterocycles. The lowest BCUT2D eigenvalue weighted by Crippen LogP contribution is -2.22. The Morgan fingerprint density at radius 1 is 1.50 bits per heavy atom. The molecular formula is C11H16N2O. The van der Waals surface area contributed by atoms with Crippen molar-refractivity contribution < 1.29 is 4.74 Å². The lowest BCUT2D eigenvalue weighted by molar-refractivity contribution is 0.121. The molecule has 3 nitrogen and oxygen atoms in total. The predicted octanol–water partition coefficient (Wildman–Crippen LogP) is 1.62. The highest BCUT2D eigenvalue weighted by molar-refractivity contribution is 5.46. The third kappa shape index (κ3) is 1.87. The van der Waals surface area contributed by atoms with Gasteiger partial charge in [0.15, 0.2) is 0 Å². The highest BCUT2D eigenvalue weighted by atomic mass is 16.5. The first kappa shape index (κ1) is 9.46. The Labute approximate surface area is 84.7 Å². The van der Waals surface area contributed by atoms with Crippen molar-refractivity contribution in [2.75, 3.05) is 25.1 Å². The van der Waals surface area contributed by atoms with Crippen LogP contribution in [0.4, 0.5) is 5.69 Å². The fourth-order valence-corrected chi connectivity index (χ4v) is 1.87. The van der Waals surface area contributed by atoms with Crippen molar-refractivity contribution in [3.05, 3.63) is 24.0 Å². The smallest absolute Gasteiger partial charge is 0.0762 e. The molecule has 3 heteroatoms. The zero-order chi connectivity index (χ0) is 9.97. The van der Waals surface area contributed by atoms with Crippen LogP contribution in [0.3, 0.4) is 0 Å². The van der Waals surface area contributed by atoms with Gasteiger partial charge in [-0.25, -0.2) is 0 Å². The van der Waals surface area contributed by atoms with Crippen molar-refractivity contribution in [2.24, 2.45) is 0 Å². The predicted molar refractivity (Wildman–Crippen MR) is 56.6 cm³/mol. The largest absolute Gasteiger partial charge is 0.380 e. The molecule has 0 radical (unpaired) electrons. The van der Waals surface area contributed by atoms with Crippen molar-refractivity contribution in [1.82, 2.24) is 4.98 Å². The molecule has 0 aliphatic carbocycles. The third-order valence-electron chi connectivity index (χ3n) is 2.70. The number of nitrogens with zero attached hydrogens (tertiary/aromatic N) is 2. The van der Waals surface area contributed by atoms with Gasteiger partial charge in [-0.05, 0) is 25.0 Å². The molecule has 0 aromatic carbocycles. The Balaban J connectivity index is 2.09. The zero-order valence-corrected chi connectivity index (χ0v) is 8.73. The normalized spacial score (nSPS) is 21.6. The maximum atomic E-state index is 5.33. The molecule has 1 aliphatic heterocycles. The maximum absolute atomic E-state index is 5.33. The summed E-state index contributed by atoms with van der Waals surface area (Å²) in [4.78, 5) is 6.52. The fraction of sp³-hybridized carbons (Fsp3) is 0.545. The molecule has 0 bridgehead atoms. The summed E-state index contributed by atoms with van der Waals surface area (Å²) >= 11 is 0. The van der Waals surface area contributed by atoms with Crippen molar-refractivity contribution in [3.8, 4) is 0 Å². The number of aromatic nitrogens is 1. The van der Waals surface area contributed by atoms with Gasteiger partial charge in [-0.3, -0.25) is 4.98 Å². The average molecular weight is 192 g/mol. The molecule has 0 N–H and O–H groups in total. The van der Waals surface area contributed by atoms with E-state index in [2.05, 4.69) is 22.9 Å². The van der Waals surface area contributed by atoms with Gasteiger partial charge in [0.1, 0.15) is 0 Å². The number of methoxy groups -OCH3 is 1. The van der Waals surface area contributed by atoms with E-state index in [1.807, 2.05) is 12.4 Å². The van der Waals surface area contributed by atoms with Crippen LogP contribution in [-0.2, 0) is 4.74 Å². The lowest BCUT2D eigenvalue weighted by atomic mass is 10.3. The molecule has 14 heavy (non-hydrogen) atoms. The highest BCUT2D eigenvalue weighted by Crippen LogP contribution is 2.21. The zero-order valence-electron chi connectivity index (χ0n) is 8.73. The number of hydrogen-bond acceptors (Lipinski definition) is 3. The van der Waals surface area contributed by atoms with E-state index in [-0.39, 0.29) is 0 Å². The number of hydrogen-bond donors (Lipinski definition) is 0. The second kappa shape index (κ2) is 3.96. The van der Waals surface area contributed by atoms with Crippen molar-refractivity contribution >= 4 is 5.69 Å². The van der Waals surface area contributed by atoms with E-state index >= 15 is 0 Å². The summed E-state index contributed by atoms with van der Waals surface area (Å²) in [6.45, 7) is 4.13. The average Bonchev–Trinajstić information content (AvgIpc) is 2.66. The van der Waals surface area contributed by atoms with Crippen molar-refractivity contribution in [3.63, 3.8) is 0 Å². The van der Waals surface area contributed by atoms with Crippen LogP contribution in [0, 0.1) is 6.92 Å². The minimum absolute atomic E-state index is 0.385. The molecular weight excluding hydrogens is 176 g/mol. The van der Waals surface area contributed by atoms with E-state index in [4.69, 9.17) is 4.74 Å². The summed E-state index contributed by atoms with van der Waals surface area (Å²) in [5, 5.41) is 0. The Morgan fingerprint density at radius 2 is 2.36 bits per heavy atom. The molecule has 2 rings (SSSR count). The Morgan fingerprint density at radius 3 is 3.00 bits per heavy atom. The van der Waals surface area contributed by atoms with Gasteiger partial charge in [0.05, 0.1) is 18.0 Å². The van der Waals surface area contributed by atoms with E-state index in [9.17, 15) is 0 Å². The molecule has 1 aliphatic rings. The monoisotopic (exact) mass is 192 g/mol. The molecule has 1 aromatic rings. The summed E-state index contributed by atoms with van der Waals surface area (Å²) in [5.41, 5.74) is 2.42. The molecule has 0 spiro atoms. The summed E-state index contributed by atoms with van der Waals surface area (Å²) in [7, 11) is 1.78. The van der Waals surface area contributed by atoms with E-state index in [0.29, 0.717) is 6.10 Å². The first-order valence-corrected chi connectivity index (χ1v) is 4.99. The van der Waals surface area contributed by atoms with Crippen LogP contribution >= 0.6 is 0 Å². The topological polar surface area (TPSA) is 25.4 Å². The second-order valence-corrected chi connectivity index (χ2v) is 3.81. The van der Waals surface area contributed by atoms with Gasteiger partial charge in [0.25, 0.3) is 0 Å². The summed E-state index contributed by atoms with van der Waals surface area (Å²) in [5.74, 6) is 0. The molecule has 0 saturated carbocycles. The lowest BCUT2D eigenvalue weighted by Gasteiger charge is -2.18. The van der Waals surface area contributed by atoms with Crippen LogP contribution < -0.4 is 4.90 Å². The van der Waals surface area contributed by atoms with E-state index in [1.54, 1.807) is 7.11 Å². The Bertz CT molecular complexity index is 314.